The number of esters is 1. The smallest absolute Gasteiger partial charge is 0.338 e. The fraction of sp³-hybridized carbons (Fsp3) is 0.500. The molecule has 2 N–H and O–H groups in total. The molecule has 1 aromatic heterocycles. The summed E-state index contributed by atoms with van der Waals surface area (Å²) in [5.41, 5.74) is 0.490. The number of carbonyl (C=O) groups is 1. The number of benzene rings is 1. The molecule has 1 aliphatic carbocycles. The Balaban J connectivity index is 1.60. The summed E-state index contributed by atoms with van der Waals surface area (Å²) >= 11 is 0. The minimum atomic E-state index is -0.594. The van der Waals surface area contributed by atoms with E-state index in [-0.39, 0.29) is 18.1 Å². The van der Waals surface area contributed by atoms with Crippen LogP contribution in [0.25, 0.3) is 0 Å². The first-order chi connectivity index (χ1) is 13.1. The van der Waals surface area contributed by atoms with Crippen LogP contribution in [0.2, 0.25) is 0 Å². The molecule has 0 aliphatic heterocycles. The number of likely N-dealkylation sites (N-methyl/N-ethyl adjacent to an activating group) is 1. The highest BCUT2D eigenvalue weighted by molar-refractivity contribution is 5.89. The number of nitrogens with zero attached hydrogens (tertiary/aromatic N) is 2. The van der Waals surface area contributed by atoms with Gasteiger partial charge in [-0.15, -0.1) is 0 Å². The van der Waals surface area contributed by atoms with E-state index in [0.717, 1.165) is 25.1 Å². The number of aliphatic hydroxyl groups excluding tert-OH is 1. The molecule has 3 atom stereocenters. The van der Waals surface area contributed by atoms with Gasteiger partial charge in [-0.05, 0) is 57.5 Å². The summed E-state index contributed by atoms with van der Waals surface area (Å²) in [6, 6.07) is 6.86. The zero-order valence-electron chi connectivity index (χ0n) is 15.8. The van der Waals surface area contributed by atoms with Gasteiger partial charge >= 0.3 is 5.97 Å². The topological polar surface area (TPSA) is 87.7 Å². The molecule has 1 saturated carbocycles. The molecule has 0 unspecified atom stereocenters. The van der Waals surface area contributed by atoms with Crippen LogP contribution in [0.15, 0.2) is 36.7 Å². The van der Waals surface area contributed by atoms with Crippen molar-refractivity contribution < 1.29 is 19.4 Å². The van der Waals surface area contributed by atoms with E-state index in [1.54, 1.807) is 43.6 Å². The van der Waals surface area contributed by atoms with Crippen molar-refractivity contribution in [2.45, 2.75) is 51.0 Å². The van der Waals surface area contributed by atoms with E-state index in [1.165, 1.54) is 0 Å². The van der Waals surface area contributed by atoms with Gasteiger partial charge in [-0.1, -0.05) is 0 Å². The third kappa shape index (κ3) is 4.87. The van der Waals surface area contributed by atoms with Crippen molar-refractivity contribution in [2.75, 3.05) is 13.7 Å². The van der Waals surface area contributed by atoms with Crippen LogP contribution in [0.3, 0.4) is 0 Å². The van der Waals surface area contributed by atoms with Crippen LogP contribution in [-0.4, -0.2) is 57.8 Å². The van der Waals surface area contributed by atoms with Gasteiger partial charge in [0.25, 0.3) is 0 Å². The Labute approximate surface area is 159 Å². The Morgan fingerprint density at radius 3 is 2.78 bits per heavy atom. The zero-order chi connectivity index (χ0) is 19.2. The third-order valence-electron chi connectivity index (χ3n) is 4.94. The molecule has 2 aromatic rings. The Morgan fingerprint density at radius 2 is 2.11 bits per heavy atom. The first-order valence-corrected chi connectivity index (χ1v) is 9.39. The van der Waals surface area contributed by atoms with E-state index in [4.69, 9.17) is 9.47 Å². The standard InChI is InChI=1S/C20H27N3O4/c1-3-26-20(25)14-7-9-15(10-8-14)27-17-6-4-5-16(19(17)24)23(2)13-18-21-11-12-22-18/h7-12,16-17,19,24H,3-6,13H2,1-2H3,(H,21,22)/t16-,17+,19+/m1/s1. The van der Waals surface area contributed by atoms with E-state index in [9.17, 15) is 9.90 Å². The second-order valence-electron chi connectivity index (χ2n) is 6.84. The quantitative estimate of drug-likeness (QED) is 0.725. The predicted octanol–water partition coefficient (Wildman–Crippen LogP) is 2.38. The van der Waals surface area contributed by atoms with Crippen LogP contribution in [0.4, 0.5) is 0 Å². The third-order valence-corrected chi connectivity index (χ3v) is 4.94. The van der Waals surface area contributed by atoms with Gasteiger partial charge in [0, 0.05) is 18.4 Å². The maximum Gasteiger partial charge on any atom is 0.338 e. The predicted molar refractivity (Wildman–Crippen MR) is 101 cm³/mol. The molecule has 0 saturated heterocycles. The number of H-pyrrole nitrogens is 1. The lowest BCUT2D eigenvalue weighted by Gasteiger charge is -2.39. The van der Waals surface area contributed by atoms with Crippen LogP contribution in [0.5, 0.6) is 5.75 Å². The average Bonchev–Trinajstić information content (AvgIpc) is 3.17. The first kappa shape index (κ1) is 19.4. The molecule has 0 spiro atoms. The van der Waals surface area contributed by atoms with Gasteiger partial charge in [0.1, 0.15) is 23.8 Å². The van der Waals surface area contributed by atoms with Gasteiger partial charge in [0.15, 0.2) is 0 Å². The molecule has 0 radical (unpaired) electrons. The molecule has 1 aromatic carbocycles. The van der Waals surface area contributed by atoms with Crippen LogP contribution >= 0.6 is 0 Å². The fourth-order valence-electron chi connectivity index (χ4n) is 3.52. The van der Waals surface area contributed by atoms with Gasteiger partial charge in [-0.3, -0.25) is 4.90 Å². The molecule has 1 heterocycles. The number of aromatic nitrogens is 2. The zero-order valence-corrected chi connectivity index (χ0v) is 15.8. The summed E-state index contributed by atoms with van der Waals surface area (Å²) in [5, 5.41) is 10.8. The molecule has 146 valence electrons. The lowest BCUT2D eigenvalue weighted by Crippen LogP contribution is -2.51. The number of aliphatic hydroxyl groups is 1. The largest absolute Gasteiger partial charge is 0.488 e. The molecule has 3 rings (SSSR count). The van der Waals surface area contributed by atoms with Crippen molar-refractivity contribution in [3.63, 3.8) is 0 Å². The summed E-state index contributed by atoms with van der Waals surface area (Å²) in [6.07, 6.45) is 5.35. The van der Waals surface area contributed by atoms with E-state index in [1.807, 2.05) is 7.05 Å². The van der Waals surface area contributed by atoms with E-state index in [0.29, 0.717) is 24.5 Å². The van der Waals surface area contributed by atoms with Crippen molar-refractivity contribution in [3.05, 3.63) is 48.0 Å². The molecule has 1 aliphatic rings. The highest BCUT2D eigenvalue weighted by Gasteiger charge is 2.35. The number of ether oxygens (including phenoxy) is 2. The molecular weight excluding hydrogens is 346 g/mol. The Hall–Kier alpha value is -2.38. The highest BCUT2D eigenvalue weighted by Crippen LogP contribution is 2.27. The molecule has 7 heteroatoms. The van der Waals surface area contributed by atoms with E-state index < -0.39 is 6.10 Å². The van der Waals surface area contributed by atoms with Crippen LogP contribution in [0.1, 0.15) is 42.4 Å². The summed E-state index contributed by atoms with van der Waals surface area (Å²) in [6.45, 7) is 2.77. The van der Waals surface area contributed by atoms with Gasteiger partial charge in [0.05, 0.1) is 18.7 Å². The first-order valence-electron chi connectivity index (χ1n) is 9.39. The normalized spacial score (nSPS) is 22.6. The molecule has 0 amide bonds. The molecule has 7 nitrogen and oxygen atoms in total. The second kappa shape index (κ2) is 9.01. The molecule has 0 bridgehead atoms. The van der Waals surface area contributed by atoms with Crippen molar-refractivity contribution in [1.82, 2.24) is 14.9 Å². The van der Waals surface area contributed by atoms with Gasteiger partial charge in [-0.25, -0.2) is 9.78 Å². The lowest BCUT2D eigenvalue weighted by molar-refractivity contribution is -0.0496. The fourth-order valence-corrected chi connectivity index (χ4v) is 3.52. The maximum absolute atomic E-state index is 11.7. The minimum absolute atomic E-state index is 0.00709. The average molecular weight is 373 g/mol. The number of nitrogens with one attached hydrogen (secondary N) is 1. The monoisotopic (exact) mass is 373 g/mol. The van der Waals surface area contributed by atoms with Crippen LogP contribution in [0, 0.1) is 0 Å². The number of aromatic amines is 1. The SMILES string of the molecule is CCOC(=O)c1ccc(O[C@H]2CCC[C@@H](N(C)Cc3ncc[nH]3)[C@@H]2O)cc1. The summed E-state index contributed by atoms with van der Waals surface area (Å²) in [5.74, 6) is 1.17. The Kier molecular flexibility index (Phi) is 6.47. The van der Waals surface area contributed by atoms with Crippen molar-refractivity contribution in [1.29, 1.82) is 0 Å². The maximum atomic E-state index is 11.7. The summed E-state index contributed by atoms with van der Waals surface area (Å²) in [7, 11) is 1.99. The second-order valence-corrected chi connectivity index (χ2v) is 6.84. The molecule has 27 heavy (non-hydrogen) atoms. The summed E-state index contributed by atoms with van der Waals surface area (Å²) < 4.78 is 11.0. The number of hydrogen-bond donors (Lipinski definition) is 2. The minimum Gasteiger partial charge on any atom is -0.488 e. The van der Waals surface area contributed by atoms with Crippen LogP contribution < -0.4 is 4.74 Å². The molecular formula is C20H27N3O4. The van der Waals surface area contributed by atoms with E-state index in [2.05, 4.69) is 14.9 Å². The van der Waals surface area contributed by atoms with Crippen molar-refractivity contribution in [3.8, 4) is 5.75 Å². The highest BCUT2D eigenvalue weighted by atomic mass is 16.5. The van der Waals surface area contributed by atoms with Crippen molar-refractivity contribution >= 4 is 5.97 Å². The Bertz CT molecular complexity index is 717. The number of carbonyl (C=O) groups excluding carboxylic acids is 1. The molecule has 1 fully saturated rings. The van der Waals surface area contributed by atoms with Crippen molar-refractivity contribution in [2.24, 2.45) is 0 Å². The van der Waals surface area contributed by atoms with Gasteiger partial charge < -0.3 is 19.6 Å². The van der Waals surface area contributed by atoms with Gasteiger partial charge in [0.2, 0.25) is 0 Å². The Morgan fingerprint density at radius 1 is 1.33 bits per heavy atom. The summed E-state index contributed by atoms with van der Waals surface area (Å²) in [4.78, 5) is 21.2. The van der Waals surface area contributed by atoms with Crippen LogP contribution in [-0.2, 0) is 11.3 Å². The van der Waals surface area contributed by atoms with Gasteiger partial charge in [-0.2, -0.15) is 0 Å². The number of hydrogen-bond acceptors (Lipinski definition) is 6. The number of rotatable bonds is 7. The number of imidazole rings is 1. The van der Waals surface area contributed by atoms with E-state index >= 15 is 0 Å². The lowest BCUT2D eigenvalue weighted by atomic mass is 9.89.